The summed E-state index contributed by atoms with van der Waals surface area (Å²) in [5, 5.41) is 6.58. The van der Waals surface area contributed by atoms with E-state index in [0.29, 0.717) is 12.5 Å². The SMILES string of the molecule is CCN=C(NCC)NC1CCN(C(=O)CC)C1. The maximum absolute atomic E-state index is 11.5. The largest absolute Gasteiger partial charge is 0.357 e. The fourth-order valence-electron chi connectivity index (χ4n) is 2.00. The first kappa shape index (κ1) is 13.8. The molecule has 0 saturated carbocycles. The molecule has 0 aromatic carbocycles. The Morgan fingerprint density at radius 2 is 2.18 bits per heavy atom. The molecule has 1 amide bonds. The van der Waals surface area contributed by atoms with E-state index < -0.39 is 0 Å². The number of nitrogens with zero attached hydrogens (tertiary/aromatic N) is 2. The number of carbonyl (C=O) groups is 1. The van der Waals surface area contributed by atoms with Crippen molar-refractivity contribution in [2.45, 2.75) is 39.7 Å². The minimum atomic E-state index is 0.242. The van der Waals surface area contributed by atoms with Gasteiger partial charge in [-0.1, -0.05) is 6.92 Å². The van der Waals surface area contributed by atoms with Crippen LogP contribution in [-0.4, -0.2) is 49.0 Å². The minimum Gasteiger partial charge on any atom is -0.357 e. The lowest BCUT2D eigenvalue weighted by Crippen LogP contribution is -2.45. The third kappa shape index (κ3) is 4.24. The average molecular weight is 240 g/mol. The van der Waals surface area contributed by atoms with Gasteiger partial charge in [0.1, 0.15) is 0 Å². The van der Waals surface area contributed by atoms with Gasteiger partial charge in [0.05, 0.1) is 0 Å². The van der Waals surface area contributed by atoms with Crippen LogP contribution in [0.2, 0.25) is 0 Å². The molecule has 1 heterocycles. The molecular formula is C12H24N4O. The van der Waals surface area contributed by atoms with Crippen LogP contribution in [0.5, 0.6) is 0 Å². The monoisotopic (exact) mass is 240 g/mol. The van der Waals surface area contributed by atoms with E-state index in [1.165, 1.54) is 0 Å². The third-order valence-electron chi connectivity index (χ3n) is 2.84. The lowest BCUT2D eigenvalue weighted by atomic mass is 10.3. The fourth-order valence-corrected chi connectivity index (χ4v) is 2.00. The molecule has 0 spiro atoms. The van der Waals surface area contributed by atoms with Gasteiger partial charge in [-0.3, -0.25) is 9.79 Å². The van der Waals surface area contributed by atoms with Gasteiger partial charge in [-0.15, -0.1) is 0 Å². The number of nitrogens with one attached hydrogen (secondary N) is 2. The Morgan fingerprint density at radius 1 is 1.41 bits per heavy atom. The predicted octanol–water partition coefficient (Wildman–Crippen LogP) is 0.572. The second-order valence-corrected chi connectivity index (χ2v) is 4.18. The van der Waals surface area contributed by atoms with Gasteiger partial charge >= 0.3 is 0 Å². The van der Waals surface area contributed by atoms with Crippen LogP contribution in [0.15, 0.2) is 4.99 Å². The molecule has 1 rings (SSSR count). The zero-order chi connectivity index (χ0) is 12.7. The van der Waals surface area contributed by atoms with E-state index in [0.717, 1.165) is 38.6 Å². The molecule has 1 fully saturated rings. The average Bonchev–Trinajstić information content (AvgIpc) is 2.77. The zero-order valence-electron chi connectivity index (χ0n) is 11.1. The Bertz CT molecular complexity index is 278. The first-order chi connectivity index (χ1) is 8.21. The number of hydrogen-bond acceptors (Lipinski definition) is 2. The summed E-state index contributed by atoms with van der Waals surface area (Å²) in [5.41, 5.74) is 0. The van der Waals surface area contributed by atoms with E-state index in [2.05, 4.69) is 22.5 Å². The molecule has 1 unspecified atom stereocenters. The summed E-state index contributed by atoms with van der Waals surface area (Å²) in [6, 6.07) is 0.329. The molecule has 1 atom stereocenters. The molecule has 0 aliphatic carbocycles. The van der Waals surface area contributed by atoms with Crippen LogP contribution in [0.1, 0.15) is 33.6 Å². The normalized spacial score (nSPS) is 20.5. The molecular weight excluding hydrogens is 216 g/mol. The van der Waals surface area contributed by atoms with Crippen LogP contribution < -0.4 is 10.6 Å². The van der Waals surface area contributed by atoms with Crippen LogP contribution in [0.4, 0.5) is 0 Å². The highest BCUT2D eigenvalue weighted by Gasteiger charge is 2.25. The van der Waals surface area contributed by atoms with Gasteiger partial charge in [-0.2, -0.15) is 0 Å². The molecule has 1 aliphatic rings. The molecule has 1 saturated heterocycles. The molecule has 17 heavy (non-hydrogen) atoms. The Hall–Kier alpha value is -1.26. The van der Waals surface area contributed by atoms with Gasteiger partial charge in [0.15, 0.2) is 5.96 Å². The van der Waals surface area contributed by atoms with Crippen molar-refractivity contribution in [1.29, 1.82) is 0 Å². The number of guanidine groups is 1. The van der Waals surface area contributed by atoms with Crippen LogP contribution in [0.3, 0.4) is 0 Å². The van der Waals surface area contributed by atoms with Gasteiger partial charge < -0.3 is 15.5 Å². The van der Waals surface area contributed by atoms with Gasteiger partial charge in [-0.05, 0) is 20.3 Å². The van der Waals surface area contributed by atoms with Crippen LogP contribution in [0.25, 0.3) is 0 Å². The first-order valence-electron chi connectivity index (χ1n) is 6.53. The van der Waals surface area contributed by atoms with Crippen molar-refractivity contribution in [3.05, 3.63) is 0 Å². The second-order valence-electron chi connectivity index (χ2n) is 4.18. The summed E-state index contributed by atoms with van der Waals surface area (Å²) < 4.78 is 0. The first-order valence-corrected chi connectivity index (χ1v) is 6.53. The van der Waals surface area contributed by atoms with Crippen molar-refractivity contribution in [1.82, 2.24) is 15.5 Å². The Labute approximate surface area is 104 Å². The van der Waals surface area contributed by atoms with E-state index in [4.69, 9.17) is 0 Å². The maximum atomic E-state index is 11.5. The van der Waals surface area contributed by atoms with Crippen LogP contribution in [-0.2, 0) is 4.79 Å². The Kier molecular flexibility index (Phi) is 5.80. The van der Waals surface area contributed by atoms with Crippen molar-refractivity contribution in [3.8, 4) is 0 Å². The van der Waals surface area contributed by atoms with Crippen molar-refractivity contribution in [2.75, 3.05) is 26.2 Å². The van der Waals surface area contributed by atoms with E-state index in [-0.39, 0.29) is 5.91 Å². The highest BCUT2D eigenvalue weighted by molar-refractivity contribution is 5.80. The van der Waals surface area contributed by atoms with Crippen molar-refractivity contribution < 1.29 is 4.79 Å². The molecule has 5 heteroatoms. The van der Waals surface area contributed by atoms with Gasteiger partial charge in [0.25, 0.3) is 0 Å². The predicted molar refractivity (Wildman–Crippen MR) is 70.1 cm³/mol. The van der Waals surface area contributed by atoms with Gasteiger partial charge in [-0.25, -0.2) is 0 Å². The van der Waals surface area contributed by atoms with Gasteiger partial charge in [0, 0.05) is 38.6 Å². The molecule has 5 nitrogen and oxygen atoms in total. The smallest absolute Gasteiger partial charge is 0.222 e. The summed E-state index contributed by atoms with van der Waals surface area (Å²) in [4.78, 5) is 17.8. The van der Waals surface area contributed by atoms with E-state index >= 15 is 0 Å². The molecule has 98 valence electrons. The fraction of sp³-hybridized carbons (Fsp3) is 0.833. The van der Waals surface area contributed by atoms with E-state index in [9.17, 15) is 4.79 Å². The topological polar surface area (TPSA) is 56.7 Å². The lowest BCUT2D eigenvalue weighted by Gasteiger charge is -2.18. The van der Waals surface area contributed by atoms with E-state index in [1.807, 2.05) is 18.7 Å². The van der Waals surface area contributed by atoms with Gasteiger partial charge in [0.2, 0.25) is 5.91 Å². The van der Waals surface area contributed by atoms with Crippen LogP contribution in [0, 0.1) is 0 Å². The highest BCUT2D eigenvalue weighted by Crippen LogP contribution is 2.10. The van der Waals surface area contributed by atoms with Crippen LogP contribution >= 0.6 is 0 Å². The highest BCUT2D eigenvalue weighted by atomic mass is 16.2. The third-order valence-corrected chi connectivity index (χ3v) is 2.84. The second kappa shape index (κ2) is 7.14. The summed E-state index contributed by atoms with van der Waals surface area (Å²) >= 11 is 0. The number of rotatable bonds is 4. The van der Waals surface area contributed by atoms with Crippen molar-refractivity contribution >= 4 is 11.9 Å². The molecule has 2 N–H and O–H groups in total. The summed E-state index contributed by atoms with van der Waals surface area (Å²) in [6.07, 6.45) is 1.59. The summed E-state index contributed by atoms with van der Waals surface area (Å²) in [7, 11) is 0. The molecule has 0 aromatic rings. The molecule has 0 radical (unpaired) electrons. The number of carbonyl (C=O) groups excluding carboxylic acids is 1. The standard InChI is InChI=1S/C12H24N4O/c1-4-11(17)16-8-7-10(9-16)15-12(13-5-2)14-6-3/h10H,4-9H2,1-3H3,(H2,13,14,15). The zero-order valence-corrected chi connectivity index (χ0v) is 11.1. The van der Waals surface area contributed by atoms with E-state index in [1.54, 1.807) is 0 Å². The maximum Gasteiger partial charge on any atom is 0.222 e. The summed E-state index contributed by atoms with van der Waals surface area (Å²) in [5.74, 6) is 1.09. The number of aliphatic imine (C=N–C) groups is 1. The minimum absolute atomic E-state index is 0.242. The Balaban J connectivity index is 2.43. The molecule has 0 aromatic heterocycles. The number of likely N-dealkylation sites (tertiary alicyclic amines) is 1. The molecule has 1 aliphatic heterocycles. The summed E-state index contributed by atoms with van der Waals surface area (Å²) in [6.45, 7) is 9.24. The van der Waals surface area contributed by atoms with Crippen molar-refractivity contribution in [2.24, 2.45) is 4.99 Å². The lowest BCUT2D eigenvalue weighted by molar-refractivity contribution is -0.129. The Morgan fingerprint density at radius 3 is 2.76 bits per heavy atom. The van der Waals surface area contributed by atoms with Crippen molar-refractivity contribution in [3.63, 3.8) is 0 Å². The number of amides is 1. The quantitative estimate of drug-likeness (QED) is 0.558. The number of hydrogen-bond donors (Lipinski definition) is 2. The molecule has 0 bridgehead atoms.